The minimum atomic E-state index is -0.142. The lowest BCUT2D eigenvalue weighted by Crippen LogP contribution is -1.95. The molecule has 0 heterocycles. The number of rotatable bonds is 4. The molecule has 3 rings (SSSR count). The summed E-state index contributed by atoms with van der Waals surface area (Å²) in [5, 5.41) is 11.9. The monoisotopic (exact) mass is 304 g/mol. The number of allylic oxidation sites excluding steroid dienone is 1. The first kappa shape index (κ1) is 14.9. The summed E-state index contributed by atoms with van der Waals surface area (Å²) in [6.07, 6.45) is 3.31. The zero-order chi connectivity index (χ0) is 16.2. The van der Waals surface area contributed by atoms with Crippen molar-refractivity contribution in [1.29, 1.82) is 0 Å². The average Bonchev–Trinajstić information content (AvgIpc) is 2.60. The average molecular weight is 304 g/mol. The summed E-state index contributed by atoms with van der Waals surface area (Å²) >= 11 is 0. The summed E-state index contributed by atoms with van der Waals surface area (Å²) in [5.41, 5.74) is 1.43. The van der Waals surface area contributed by atoms with Gasteiger partial charge in [0.15, 0.2) is 17.3 Å². The number of phenolic OH excluding ortho intramolecular Hbond substituents is 1. The smallest absolute Gasteiger partial charge is 0.185 e. The third-order valence-corrected chi connectivity index (χ3v) is 3.66. The fourth-order valence-corrected chi connectivity index (χ4v) is 2.41. The number of carbonyl (C=O) groups excluding carboxylic acids is 1. The van der Waals surface area contributed by atoms with Crippen molar-refractivity contribution in [2.75, 3.05) is 7.11 Å². The van der Waals surface area contributed by atoms with Crippen LogP contribution >= 0.6 is 0 Å². The third kappa shape index (κ3) is 3.24. The van der Waals surface area contributed by atoms with Gasteiger partial charge in [-0.05, 0) is 46.7 Å². The number of hydrogen-bond acceptors (Lipinski definition) is 3. The van der Waals surface area contributed by atoms with Crippen molar-refractivity contribution in [3.8, 4) is 11.5 Å². The highest BCUT2D eigenvalue weighted by molar-refractivity contribution is 6.07. The minimum absolute atomic E-state index is 0.0163. The van der Waals surface area contributed by atoms with Gasteiger partial charge < -0.3 is 9.84 Å². The second-order valence-electron chi connectivity index (χ2n) is 5.19. The van der Waals surface area contributed by atoms with E-state index in [2.05, 4.69) is 6.07 Å². The van der Waals surface area contributed by atoms with Gasteiger partial charge in [-0.15, -0.1) is 0 Å². The molecule has 0 aliphatic heterocycles. The van der Waals surface area contributed by atoms with Crippen molar-refractivity contribution < 1.29 is 14.6 Å². The maximum Gasteiger partial charge on any atom is 0.185 e. The molecule has 0 spiro atoms. The Labute approximate surface area is 134 Å². The van der Waals surface area contributed by atoms with Gasteiger partial charge in [0.2, 0.25) is 0 Å². The molecule has 0 bridgehead atoms. The van der Waals surface area contributed by atoms with Crippen LogP contribution in [0.25, 0.3) is 16.8 Å². The fraction of sp³-hybridized carbons (Fsp3) is 0.0500. The number of aromatic hydroxyl groups is 1. The lowest BCUT2D eigenvalue weighted by Gasteiger charge is -2.04. The maximum absolute atomic E-state index is 12.2. The molecule has 3 aromatic carbocycles. The molecule has 0 radical (unpaired) electrons. The van der Waals surface area contributed by atoms with Crippen LogP contribution in [0.3, 0.4) is 0 Å². The number of ether oxygens (including phenoxy) is 1. The van der Waals surface area contributed by atoms with Gasteiger partial charge in [0, 0.05) is 5.56 Å². The summed E-state index contributed by atoms with van der Waals surface area (Å²) in [6.45, 7) is 0. The minimum Gasteiger partial charge on any atom is -0.504 e. The van der Waals surface area contributed by atoms with Crippen molar-refractivity contribution >= 4 is 22.6 Å². The summed E-state index contributed by atoms with van der Waals surface area (Å²) in [4.78, 5) is 12.2. The number of ketones is 1. The molecule has 0 atom stereocenters. The van der Waals surface area contributed by atoms with Crippen LogP contribution in [0, 0.1) is 0 Å². The molecule has 0 amide bonds. The number of carbonyl (C=O) groups is 1. The Balaban J connectivity index is 1.84. The molecule has 0 unspecified atom stereocenters. The maximum atomic E-state index is 12.2. The van der Waals surface area contributed by atoms with E-state index in [1.165, 1.54) is 30.7 Å². The summed E-state index contributed by atoms with van der Waals surface area (Å²) in [6, 6.07) is 18.7. The number of fused-ring (bicyclic) bond motifs is 1. The van der Waals surface area contributed by atoms with E-state index in [0.29, 0.717) is 5.56 Å². The van der Waals surface area contributed by atoms with E-state index >= 15 is 0 Å². The van der Waals surface area contributed by atoms with Crippen molar-refractivity contribution in [1.82, 2.24) is 0 Å². The molecule has 0 fully saturated rings. The molecule has 0 saturated carbocycles. The molecule has 3 heteroatoms. The van der Waals surface area contributed by atoms with E-state index in [9.17, 15) is 9.90 Å². The highest BCUT2D eigenvalue weighted by Gasteiger charge is 2.07. The van der Waals surface area contributed by atoms with Gasteiger partial charge in [0.25, 0.3) is 0 Å². The molecule has 1 N–H and O–H groups in total. The Hall–Kier alpha value is -3.07. The normalized spacial score (nSPS) is 11.0. The summed E-state index contributed by atoms with van der Waals surface area (Å²) < 4.78 is 5.02. The molecular weight excluding hydrogens is 288 g/mol. The topological polar surface area (TPSA) is 46.5 Å². The van der Waals surface area contributed by atoms with Gasteiger partial charge in [0.1, 0.15) is 0 Å². The standard InChI is InChI=1S/C20H16O3/c1-23-20-13-17(9-11-19(20)22)18(21)10-7-14-6-8-15-4-2-3-5-16(15)12-14/h2-13,22H,1H3. The van der Waals surface area contributed by atoms with E-state index in [4.69, 9.17) is 4.74 Å². The van der Waals surface area contributed by atoms with Crippen LogP contribution < -0.4 is 4.74 Å². The van der Waals surface area contributed by atoms with E-state index in [1.54, 1.807) is 12.1 Å². The molecule has 0 aromatic heterocycles. The van der Waals surface area contributed by atoms with Crippen LogP contribution in [-0.4, -0.2) is 18.0 Å². The number of benzene rings is 3. The van der Waals surface area contributed by atoms with Crippen molar-refractivity contribution in [2.24, 2.45) is 0 Å². The van der Waals surface area contributed by atoms with Crippen molar-refractivity contribution in [2.45, 2.75) is 0 Å². The highest BCUT2D eigenvalue weighted by Crippen LogP contribution is 2.26. The first-order chi connectivity index (χ1) is 11.2. The SMILES string of the molecule is COc1cc(C(=O)C=Cc2ccc3ccccc3c2)ccc1O. The second kappa shape index (κ2) is 6.36. The van der Waals surface area contributed by atoms with Gasteiger partial charge in [0.05, 0.1) is 7.11 Å². The molecule has 3 aromatic rings. The predicted molar refractivity (Wildman–Crippen MR) is 92.0 cm³/mol. The van der Waals surface area contributed by atoms with Crippen LogP contribution in [-0.2, 0) is 0 Å². The van der Waals surface area contributed by atoms with Gasteiger partial charge in [-0.25, -0.2) is 0 Å². The van der Waals surface area contributed by atoms with E-state index < -0.39 is 0 Å². The van der Waals surface area contributed by atoms with Gasteiger partial charge >= 0.3 is 0 Å². The Morgan fingerprint density at radius 1 is 1.00 bits per heavy atom. The van der Waals surface area contributed by atoms with Crippen LogP contribution in [0.2, 0.25) is 0 Å². The second-order valence-corrected chi connectivity index (χ2v) is 5.19. The Morgan fingerprint density at radius 3 is 2.57 bits per heavy atom. The lowest BCUT2D eigenvalue weighted by molar-refractivity contribution is 0.104. The molecule has 3 nitrogen and oxygen atoms in total. The Bertz CT molecular complexity index is 894. The van der Waals surface area contributed by atoms with Gasteiger partial charge in [-0.2, -0.15) is 0 Å². The summed E-state index contributed by atoms with van der Waals surface area (Å²) in [7, 11) is 1.45. The number of hydrogen-bond donors (Lipinski definition) is 1. The van der Waals surface area contributed by atoms with E-state index in [-0.39, 0.29) is 17.3 Å². The van der Waals surface area contributed by atoms with Crippen LogP contribution in [0.1, 0.15) is 15.9 Å². The molecule has 114 valence electrons. The van der Waals surface area contributed by atoms with E-state index in [1.807, 2.05) is 36.4 Å². The first-order valence-corrected chi connectivity index (χ1v) is 7.25. The predicted octanol–water partition coefficient (Wildman–Crippen LogP) is 4.45. The fourth-order valence-electron chi connectivity index (χ4n) is 2.41. The number of methoxy groups -OCH3 is 1. The molecule has 0 aliphatic rings. The zero-order valence-corrected chi connectivity index (χ0v) is 12.7. The Morgan fingerprint density at radius 2 is 1.78 bits per heavy atom. The molecule has 0 aliphatic carbocycles. The quantitative estimate of drug-likeness (QED) is 0.572. The van der Waals surface area contributed by atoms with E-state index in [0.717, 1.165) is 10.9 Å². The van der Waals surface area contributed by atoms with Crippen LogP contribution in [0.4, 0.5) is 0 Å². The van der Waals surface area contributed by atoms with Gasteiger partial charge in [-0.1, -0.05) is 42.5 Å². The van der Waals surface area contributed by atoms with Gasteiger partial charge in [-0.3, -0.25) is 4.79 Å². The lowest BCUT2D eigenvalue weighted by atomic mass is 10.1. The molecule has 0 saturated heterocycles. The third-order valence-electron chi connectivity index (χ3n) is 3.66. The summed E-state index contributed by atoms with van der Waals surface area (Å²) in [5.74, 6) is 0.161. The molecular formula is C20H16O3. The molecule has 23 heavy (non-hydrogen) atoms. The first-order valence-electron chi connectivity index (χ1n) is 7.25. The Kier molecular flexibility index (Phi) is 4.11. The van der Waals surface area contributed by atoms with Crippen LogP contribution in [0.5, 0.6) is 11.5 Å². The highest BCUT2D eigenvalue weighted by atomic mass is 16.5. The van der Waals surface area contributed by atoms with Crippen molar-refractivity contribution in [3.05, 3.63) is 77.9 Å². The number of phenols is 1. The van der Waals surface area contributed by atoms with Crippen molar-refractivity contribution in [3.63, 3.8) is 0 Å². The zero-order valence-electron chi connectivity index (χ0n) is 12.7. The largest absolute Gasteiger partial charge is 0.504 e. The van der Waals surface area contributed by atoms with Crippen LogP contribution in [0.15, 0.2) is 66.7 Å².